The fourth-order valence-corrected chi connectivity index (χ4v) is 6.90. The monoisotopic (exact) mass is 572 g/mol. The smallest absolute Gasteiger partial charge is 0.468 e. The molecule has 0 saturated carbocycles. The number of esters is 1. The lowest BCUT2D eigenvalue weighted by Gasteiger charge is -2.33. The number of halogens is 1. The van der Waals surface area contributed by atoms with Crippen LogP contribution in [0.1, 0.15) is 26.2 Å². The second-order valence-corrected chi connectivity index (χ2v) is 11.4. The average Bonchev–Trinajstić information content (AvgIpc) is 3.31. The number of phosphoric acid groups is 1. The van der Waals surface area contributed by atoms with Gasteiger partial charge in [-0.15, -0.1) is 11.3 Å². The van der Waals surface area contributed by atoms with E-state index < -0.39 is 26.9 Å². The molecule has 10 heteroatoms. The molecular weight excluding hydrogens is 545 g/mol. The summed E-state index contributed by atoms with van der Waals surface area (Å²) in [6.45, 7) is 0.683. The Morgan fingerprint density at radius 1 is 0.974 bits per heavy atom. The van der Waals surface area contributed by atoms with Crippen molar-refractivity contribution in [3.63, 3.8) is 0 Å². The molecule has 7 nitrogen and oxygen atoms in total. The van der Waals surface area contributed by atoms with E-state index in [-0.39, 0.29) is 6.54 Å². The molecule has 2 heterocycles. The van der Waals surface area contributed by atoms with Crippen LogP contribution in [0.3, 0.4) is 0 Å². The third-order valence-electron chi connectivity index (χ3n) is 5.88. The number of hydrogen-bond acceptors (Lipinski definition) is 8. The molecule has 0 aliphatic carbocycles. The predicted octanol–water partition coefficient (Wildman–Crippen LogP) is 7.32. The molecule has 1 aromatic heterocycles. The fourth-order valence-electron chi connectivity index (χ4n) is 4.21. The number of thiophene rings is 1. The first-order chi connectivity index (χ1) is 19.6. The number of benzene rings is 3. The molecule has 0 N–H and O–H groups in total. The molecule has 4 aromatic rings. The zero-order valence-electron chi connectivity index (χ0n) is 23.0. The van der Waals surface area contributed by atoms with Crippen LogP contribution in [0.2, 0.25) is 5.02 Å². The zero-order chi connectivity index (χ0) is 29.0. The van der Waals surface area contributed by atoms with Crippen molar-refractivity contribution in [2.24, 2.45) is 0 Å². The van der Waals surface area contributed by atoms with Crippen LogP contribution in [0, 0.1) is 0 Å². The topological polar surface area (TPSA) is 74.3 Å². The van der Waals surface area contributed by atoms with Crippen LogP contribution in [-0.4, -0.2) is 24.5 Å². The molecule has 0 spiro atoms. The number of fused-ring (bicyclic) bond motifs is 1. The SMILES string of the molecule is [2H]C([2H])([2H])OC(=O)[C@H](c1ccccc1Cl)N1CCc2sc(OP(=O)(Oc3ccccc3)Oc3ccccc3)cc2C1. The minimum absolute atomic E-state index is 0.268. The van der Waals surface area contributed by atoms with Gasteiger partial charge in [-0.1, -0.05) is 66.2 Å². The van der Waals surface area contributed by atoms with Gasteiger partial charge in [0.05, 0.1) is 11.2 Å². The van der Waals surface area contributed by atoms with E-state index in [1.807, 2.05) is 0 Å². The lowest BCUT2D eigenvalue weighted by molar-refractivity contribution is -0.147. The maximum Gasteiger partial charge on any atom is 0.647 e. The van der Waals surface area contributed by atoms with Crippen molar-refractivity contribution in [3.05, 3.63) is 112 Å². The Kier molecular flexibility index (Phi) is 6.93. The van der Waals surface area contributed by atoms with E-state index in [1.165, 1.54) is 11.3 Å². The average molecular weight is 573 g/mol. The maximum absolute atomic E-state index is 13.9. The standard InChI is InChI=1S/C28H25ClNO6PS/c1-33-28(31)27(23-14-8-9-15-24(23)29)30-17-16-25-20(19-30)18-26(38-25)36-37(32,34-21-10-4-2-5-11-21)35-22-12-6-3-7-13-22/h2-15,18,27H,16-17,19H2,1H3/t27-/m0/s1/i1D3. The summed E-state index contributed by atoms with van der Waals surface area (Å²) in [5.74, 6) is -0.297. The summed E-state index contributed by atoms with van der Waals surface area (Å²) in [4.78, 5) is 15.9. The second-order valence-electron chi connectivity index (χ2n) is 8.43. The molecule has 3 aromatic carbocycles. The van der Waals surface area contributed by atoms with Gasteiger partial charge in [0.15, 0.2) is 5.06 Å². The second kappa shape index (κ2) is 11.6. The molecule has 196 valence electrons. The quantitative estimate of drug-likeness (QED) is 0.154. The van der Waals surface area contributed by atoms with Crippen molar-refractivity contribution in [2.45, 2.75) is 19.0 Å². The zero-order valence-corrected chi connectivity index (χ0v) is 22.5. The number of ether oxygens (including phenoxy) is 1. The summed E-state index contributed by atoms with van der Waals surface area (Å²) in [6.07, 6.45) is 0.523. The number of phosphoric ester groups is 1. The molecular formula is C28H25ClNO6PS. The van der Waals surface area contributed by atoms with Crippen molar-refractivity contribution < 1.29 is 31.8 Å². The van der Waals surface area contributed by atoms with Gasteiger partial charge < -0.3 is 18.3 Å². The molecule has 1 aliphatic rings. The molecule has 0 amide bonds. The molecule has 0 saturated heterocycles. The molecule has 1 aliphatic heterocycles. The first-order valence-corrected chi connectivity index (χ1v) is 14.4. The summed E-state index contributed by atoms with van der Waals surface area (Å²) in [5, 5.41) is 0.628. The van der Waals surface area contributed by atoms with Crippen LogP contribution in [0.4, 0.5) is 0 Å². The summed E-state index contributed by atoms with van der Waals surface area (Å²) in [7, 11) is -7.08. The highest BCUT2D eigenvalue weighted by Gasteiger charge is 2.36. The van der Waals surface area contributed by atoms with Gasteiger partial charge in [0.1, 0.15) is 17.5 Å². The summed E-state index contributed by atoms with van der Waals surface area (Å²) >= 11 is 7.71. The van der Waals surface area contributed by atoms with Crippen molar-refractivity contribution in [3.8, 4) is 16.6 Å². The number of rotatable bonds is 9. The van der Waals surface area contributed by atoms with E-state index in [1.54, 1.807) is 95.9 Å². The molecule has 0 fully saturated rings. The van der Waals surface area contributed by atoms with Gasteiger partial charge in [0.2, 0.25) is 0 Å². The molecule has 0 unspecified atom stereocenters. The van der Waals surface area contributed by atoms with Gasteiger partial charge in [0.25, 0.3) is 0 Å². The number of nitrogens with zero attached hydrogens (tertiary/aromatic N) is 1. The molecule has 0 radical (unpaired) electrons. The number of hydrogen-bond donors (Lipinski definition) is 0. The Morgan fingerprint density at radius 2 is 1.61 bits per heavy atom. The van der Waals surface area contributed by atoms with E-state index in [2.05, 4.69) is 0 Å². The van der Waals surface area contributed by atoms with Gasteiger partial charge in [-0.3, -0.25) is 4.90 Å². The highest BCUT2D eigenvalue weighted by atomic mass is 35.5. The summed E-state index contributed by atoms with van der Waals surface area (Å²) < 4.78 is 58.3. The molecule has 5 rings (SSSR count). The van der Waals surface area contributed by atoms with E-state index >= 15 is 0 Å². The molecule has 38 heavy (non-hydrogen) atoms. The lowest BCUT2D eigenvalue weighted by Crippen LogP contribution is -2.38. The third kappa shape index (κ3) is 6.05. The first-order valence-electron chi connectivity index (χ1n) is 13.2. The summed E-state index contributed by atoms with van der Waals surface area (Å²) in [5.41, 5.74) is 1.26. The molecule has 1 atom stereocenters. The van der Waals surface area contributed by atoms with Crippen LogP contribution in [0.15, 0.2) is 91.0 Å². The van der Waals surface area contributed by atoms with E-state index in [0.29, 0.717) is 40.1 Å². The van der Waals surface area contributed by atoms with Crippen LogP contribution in [0.5, 0.6) is 16.6 Å². The highest BCUT2D eigenvalue weighted by molar-refractivity contribution is 7.50. The van der Waals surface area contributed by atoms with Crippen LogP contribution in [-0.2, 0) is 27.1 Å². The Balaban J connectivity index is 1.40. The normalized spacial score (nSPS) is 15.8. The van der Waals surface area contributed by atoms with E-state index in [4.69, 9.17) is 34.0 Å². The lowest BCUT2D eigenvalue weighted by atomic mass is 10.0. The van der Waals surface area contributed by atoms with Crippen LogP contribution >= 0.6 is 30.8 Å². The number of para-hydroxylation sites is 2. The summed E-state index contributed by atoms with van der Waals surface area (Å²) in [6, 6.07) is 24.6. The minimum atomic E-state index is -4.18. The van der Waals surface area contributed by atoms with Gasteiger partial charge >= 0.3 is 13.8 Å². The Hall–Kier alpha value is -3.29. The van der Waals surface area contributed by atoms with Crippen LogP contribution in [0.25, 0.3) is 0 Å². The first kappa shape index (κ1) is 22.7. The maximum atomic E-state index is 13.9. The fraction of sp³-hybridized carbons (Fsp3) is 0.179. The largest absolute Gasteiger partial charge is 0.647 e. The number of carbonyl (C=O) groups is 1. The van der Waals surface area contributed by atoms with Crippen molar-refractivity contribution in [2.75, 3.05) is 13.6 Å². The Morgan fingerprint density at radius 3 is 2.24 bits per heavy atom. The highest BCUT2D eigenvalue weighted by Crippen LogP contribution is 2.52. The number of carbonyl (C=O) groups excluding carboxylic acids is 1. The van der Waals surface area contributed by atoms with Gasteiger partial charge in [0, 0.05) is 23.0 Å². The van der Waals surface area contributed by atoms with Crippen molar-refractivity contribution in [1.82, 2.24) is 4.90 Å². The third-order valence-corrected chi connectivity index (χ3v) is 8.76. The van der Waals surface area contributed by atoms with E-state index in [9.17, 15) is 9.36 Å². The van der Waals surface area contributed by atoms with Crippen LogP contribution < -0.4 is 13.6 Å². The number of methoxy groups -OCH3 is 1. The Bertz CT molecular complexity index is 1510. The van der Waals surface area contributed by atoms with Gasteiger partial charge in [-0.2, -0.15) is 4.57 Å². The van der Waals surface area contributed by atoms with Crippen molar-refractivity contribution in [1.29, 1.82) is 0 Å². The Labute approximate surface area is 234 Å². The van der Waals surface area contributed by atoms with Crippen molar-refractivity contribution >= 4 is 36.7 Å². The van der Waals surface area contributed by atoms with E-state index in [0.717, 1.165) is 10.4 Å². The van der Waals surface area contributed by atoms with Gasteiger partial charge in [-0.05, 0) is 53.9 Å². The minimum Gasteiger partial charge on any atom is -0.468 e. The van der Waals surface area contributed by atoms with Gasteiger partial charge in [-0.25, -0.2) is 4.79 Å². The predicted molar refractivity (Wildman–Crippen MR) is 147 cm³/mol. The molecule has 0 bridgehead atoms.